The van der Waals surface area contributed by atoms with Crippen LogP contribution in [0.2, 0.25) is 0 Å². The van der Waals surface area contributed by atoms with Gasteiger partial charge in [-0.05, 0) is 24.3 Å². The fourth-order valence-electron chi connectivity index (χ4n) is 1.41. The third-order valence-corrected chi connectivity index (χ3v) is 5.35. The molecule has 0 saturated heterocycles. The van der Waals surface area contributed by atoms with Crippen LogP contribution in [0.25, 0.3) is 0 Å². The summed E-state index contributed by atoms with van der Waals surface area (Å²) in [6.45, 7) is 0.166. The van der Waals surface area contributed by atoms with E-state index in [1.54, 1.807) is 0 Å². The molecule has 20 heavy (non-hydrogen) atoms. The van der Waals surface area contributed by atoms with Crippen LogP contribution in [0.5, 0.6) is 0 Å². The van der Waals surface area contributed by atoms with Crippen molar-refractivity contribution in [2.45, 2.75) is 10.8 Å². The lowest BCUT2D eigenvalue weighted by Crippen LogP contribution is -2.13. The molecule has 0 bridgehead atoms. The van der Waals surface area contributed by atoms with E-state index < -0.39 is 33.2 Å². The van der Waals surface area contributed by atoms with Crippen LogP contribution in [0, 0.1) is 17.5 Å². The van der Waals surface area contributed by atoms with Gasteiger partial charge in [0.25, 0.3) is 10.0 Å². The molecule has 0 amide bonds. The number of sulfonamides is 1. The van der Waals surface area contributed by atoms with Gasteiger partial charge < -0.3 is 5.73 Å². The van der Waals surface area contributed by atoms with Gasteiger partial charge in [0.05, 0.1) is 5.69 Å². The number of hydrogen-bond acceptors (Lipinski definition) is 4. The molecule has 4 nitrogen and oxygen atoms in total. The standard InChI is InChI=1S/C11H9F3N2O2S2/c12-7-2-3-8(11(14)10(7)13)16-20(17,18)9-4-1-6(5-15)19-9/h1-4,16H,5,15H2. The molecule has 0 aliphatic heterocycles. The second kappa shape index (κ2) is 5.43. The lowest BCUT2D eigenvalue weighted by atomic mass is 10.3. The van der Waals surface area contributed by atoms with E-state index >= 15 is 0 Å². The molecule has 0 aliphatic carbocycles. The number of hydrogen-bond donors (Lipinski definition) is 2. The number of thiophene rings is 1. The number of nitrogens with one attached hydrogen (secondary N) is 1. The topological polar surface area (TPSA) is 72.2 Å². The van der Waals surface area contributed by atoms with Crippen molar-refractivity contribution in [2.75, 3.05) is 4.72 Å². The van der Waals surface area contributed by atoms with Crippen molar-refractivity contribution in [1.29, 1.82) is 0 Å². The van der Waals surface area contributed by atoms with E-state index in [0.29, 0.717) is 10.9 Å². The zero-order valence-corrected chi connectivity index (χ0v) is 11.5. The highest BCUT2D eigenvalue weighted by Gasteiger charge is 2.21. The van der Waals surface area contributed by atoms with Gasteiger partial charge in [-0.25, -0.2) is 21.6 Å². The Balaban J connectivity index is 2.36. The van der Waals surface area contributed by atoms with E-state index in [4.69, 9.17) is 5.73 Å². The summed E-state index contributed by atoms with van der Waals surface area (Å²) in [5.74, 6) is -4.73. The van der Waals surface area contributed by atoms with Crippen LogP contribution >= 0.6 is 11.3 Å². The van der Waals surface area contributed by atoms with Crippen LogP contribution in [-0.4, -0.2) is 8.42 Å². The molecule has 9 heteroatoms. The van der Waals surface area contributed by atoms with Crippen molar-refractivity contribution in [3.8, 4) is 0 Å². The number of anilines is 1. The molecule has 1 heterocycles. The Morgan fingerprint density at radius 1 is 1.10 bits per heavy atom. The molecular weight excluding hydrogens is 313 g/mol. The Morgan fingerprint density at radius 2 is 1.80 bits per heavy atom. The SMILES string of the molecule is NCc1ccc(S(=O)(=O)Nc2ccc(F)c(F)c2F)s1. The highest BCUT2D eigenvalue weighted by molar-refractivity contribution is 7.94. The molecule has 2 rings (SSSR count). The molecule has 0 radical (unpaired) electrons. The normalized spacial score (nSPS) is 11.6. The summed E-state index contributed by atoms with van der Waals surface area (Å²) in [6, 6.07) is 4.26. The lowest BCUT2D eigenvalue weighted by Gasteiger charge is -2.08. The van der Waals surface area contributed by atoms with E-state index in [1.165, 1.54) is 12.1 Å². The molecule has 0 saturated carbocycles. The van der Waals surface area contributed by atoms with Gasteiger partial charge in [-0.1, -0.05) is 0 Å². The Morgan fingerprint density at radius 3 is 2.40 bits per heavy atom. The summed E-state index contributed by atoms with van der Waals surface area (Å²) >= 11 is 0.907. The molecule has 1 aromatic heterocycles. The van der Waals surface area contributed by atoms with Gasteiger partial charge in [0.1, 0.15) is 4.21 Å². The van der Waals surface area contributed by atoms with Crippen LogP contribution < -0.4 is 10.5 Å². The Bertz CT molecular complexity index is 744. The molecule has 0 atom stereocenters. The van der Waals surface area contributed by atoms with E-state index in [-0.39, 0.29) is 10.8 Å². The lowest BCUT2D eigenvalue weighted by molar-refractivity contribution is 0.449. The molecular formula is C11H9F3N2O2S2. The predicted molar refractivity (Wildman–Crippen MR) is 69.3 cm³/mol. The van der Waals surface area contributed by atoms with Crippen molar-refractivity contribution < 1.29 is 21.6 Å². The first-order chi connectivity index (χ1) is 9.35. The van der Waals surface area contributed by atoms with E-state index in [0.717, 1.165) is 17.4 Å². The minimum Gasteiger partial charge on any atom is -0.326 e. The molecule has 0 fully saturated rings. The largest absolute Gasteiger partial charge is 0.326 e. The second-order valence-electron chi connectivity index (χ2n) is 3.75. The molecule has 2 aromatic rings. The number of benzene rings is 1. The summed E-state index contributed by atoms with van der Waals surface area (Å²) in [6.07, 6.45) is 0. The summed E-state index contributed by atoms with van der Waals surface area (Å²) in [7, 11) is -4.07. The van der Waals surface area contributed by atoms with Gasteiger partial charge >= 0.3 is 0 Å². The summed E-state index contributed by atoms with van der Waals surface area (Å²) in [5, 5.41) is 0. The zero-order chi connectivity index (χ0) is 14.9. The third kappa shape index (κ3) is 2.79. The number of rotatable bonds is 4. The van der Waals surface area contributed by atoms with E-state index in [9.17, 15) is 21.6 Å². The fourth-order valence-corrected chi connectivity index (χ4v) is 3.71. The van der Waals surface area contributed by atoms with Crippen molar-refractivity contribution in [1.82, 2.24) is 0 Å². The van der Waals surface area contributed by atoms with Gasteiger partial charge in [0.15, 0.2) is 17.5 Å². The number of halogens is 3. The molecule has 0 aliphatic rings. The van der Waals surface area contributed by atoms with Crippen LogP contribution in [-0.2, 0) is 16.6 Å². The fraction of sp³-hybridized carbons (Fsp3) is 0.0909. The van der Waals surface area contributed by atoms with Crippen LogP contribution in [0.4, 0.5) is 18.9 Å². The van der Waals surface area contributed by atoms with E-state index in [2.05, 4.69) is 0 Å². The number of nitrogens with two attached hydrogens (primary N) is 1. The highest BCUT2D eigenvalue weighted by atomic mass is 32.2. The predicted octanol–water partition coefficient (Wildman–Crippen LogP) is 2.42. The highest BCUT2D eigenvalue weighted by Crippen LogP contribution is 2.26. The smallest absolute Gasteiger partial charge is 0.271 e. The van der Waals surface area contributed by atoms with Gasteiger partial charge in [-0.15, -0.1) is 11.3 Å². The molecule has 0 spiro atoms. The Hall–Kier alpha value is -1.58. The Labute approximate surface area is 117 Å². The van der Waals surface area contributed by atoms with Gasteiger partial charge in [0, 0.05) is 11.4 Å². The maximum absolute atomic E-state index is 13.4. The molecule has 3 N–H and O–H groups in total. The minimum absolute atomic E-state index is 0.0953. The average Bonchev–Trinajstić information content (AvgIpc) is 2.89. The first-order valence-electron chi connectivity index (χ1n) is 5.30. The second-order valence-corrected chi connectivity index (χ2v) is 6.83. The summed E-state index contributed by atoms with van der Waals surface area (Å²) < 4.78 is 64.9. The molecule has 0 unspecified atom stereocenters. The quantitative estimate of drug-likeness (QED) is 0.849. The average molecular weight is 322 g/mol. The van der Waals surface area contributed by atoms with Crippen LogP contribution in [0.3, 0.4) is 0 Å². The minimum atomic E-state index is -4.07. The van der Waals surface area contributed by atoms with Gasteiger partial charge in [-0.3, -0.25) is 4.72 Å². The van der Waals surface area contributed by atoms with Crippen LogP contribution in [0.15, 0.2) is 28.5 Å². The maximum Gasteiger partial charge on any atom is 0.271 e. The molecule has 1 aromatic carbocycles. The van der Waals surface area contributed by atoms with E-state index in [1.807, 2.05) is 4.72 Å². The van der Waals surface area contributed by atoms with Crippen molar-refractivity contribution >= 4 is 27.0 Å². The van der Waals surface area contributed by atoms with Crippen molar-refractivity contribution in [3.05, 3.63) is 46.6 Å². The zero-order valence-electron chi connectivity index (χ0n) is 9.86. The van der Waals surface area contributed by atoms with Crippen LogP contribution in [0.1, 0.15) is 4.88 Å². The maximum atomic E-state index is 13.4. The van der Waals surface area contributed by atoms with Crippen molar-refractivity contribution in [3.63, 3.8) is 0 Å². The van der Waals surface area contributed by atoms with Gasteiger partial charge in [0.2, 0.25) is 0 Å². The first-order valence-corrected chi connectivity index (χ1v) is 7.60. The first kappa shape index (κ1) is 14.8. The summed E-state index contributed by atoms with van der Waals surface area (Å²) in [4.78, 5) is 0.621. The third-order valence-electron chi connectivity index (χ3n) is 2.38. The van der Waals surface area contributed by atoms with Crippen molar-refractivity contribution in [2.24, 2.45) is 5.73 Å². The Kier molecular flexibility index (Phi) is 4.02. The molecule has 108 valence electrons. The monoisotopic (exact) mass is 322 g/mol. The summed E-state index contributed by atoms with van der Waals surface area (Å²) in [5.41, 5.74) is 4.70. The van der Waals surface area contributed by atoms with Gasteiger partial charge in [-0.2, -0.15) is 0 Å².